The Bertz CT molecular complexity index is 617. The van der Waals surface area contributed by atoms with Crippen molar-refractivity contribution >= 4 is 24.0 Å². The van der Waals surface area contributed by atoms with Crippen molar-refractivity contribution in [3.63, 3.8) is 0 Å². The minimum absolute atomic E-state index is 0.0558. The first kappa shape index (κ1) is 18.5. The molecule has 6 heteroatoms. The lowest BCUT2D eigenvalue weighted by Crippen LogP contribution is -2.37. The van der Waals surface area contributed by atoms with Gasteiger partial charge in [0.1, 0.15) is 17.7 Å². The first-order chi connectivity index (χ1) is 10.6. The topological polar surface area (TPSA) is 96.3 Å². The Morgan fingerprint density at radius 3 is 2.35 bits per heavy atom. The molecule has 0 saturated carbocycles. The third-order valence-corrected chi connectivity index (χ3v) is 2.86. The smallest absolute Gasteiger partial charge is 0.413 e. The summed E-state index contributed by atoms with van der Waals surface area (Å²) in [5.74, 6) is -0.874. The van der Waals surface area contributed by atoms with Crippen molar-refractivity contribution in [3.8, 4) is 0 Å². The summed E-state index contributed by atoms with van der Waals surface area (Å²) in [4.78, 5) is 34.7. The molecule has 0 fully saturated rings. The van der Waals surface area contributed by atoms with Gasteiger partial charge in [-0.15, -0.1) is 0 Å². The molecule has 6 nitrogen and oxygen atoms in total. The lowest BCUT2D eigenvalue weighted by molar-refractivity contribution is -0.110. The summed E-state index contributed by atoms with van der Waals surface area (Å²) in [6.07, 6.45) is 0.0105. The molecule has 2 N–H and O–H groups in total. The second-order valence-corrected chi connectivity index (χ2v) is 6.29. The highest BCUT2D eigenvalue weighted by molar-refractivity contribution is 6.12. The van der Waals surface area contributed by atoms with E-state index in [9.17, 15) is 14.4 Å². The summed E-state index contributed by atoms with van der Waals surface area (Å²) in [5.41, 5.74) is -0.0947. The number of ether oxygens (including phenoxy) is 1. The Morgan fingerprint density at radius 2 is 1.83 bits per heavy atom. The number of alkyl carbamates (subject to hydrolysis) is 1. The second-order valence-electron chi connectivity index (χ2n) is 6.29. The van der Waals surface area contributed by atoms with Crippen LogP contribution in [0.3, 0.4) is 0 Å². The highest BCUT2D eigenvalue weighted by Gasteiger charge is 2.20. The van der Waals surface area contributed by atoms with Gasteiger partial charge in [0.15, 0.2) is 5.78 Å². The average molecular weight is 318 g/mol. The molecule has 0 spiro atoms. The Balaban J connectivity index is 2.92. The molecular weight excluding hydrogens is 296 g/mol. The summed E-state index contributed by atoms with van der Waals surface area (Å²) < 4.78 is 5.09. The summed E-state index contributed by atoms with van der Waals surface area (Å²) >= 11 is 0. The molecule has 1 rings (SSSR count). The maximum Gasteiger partial charge on any atom is 0.413 e. The van der Waals surface area contributed by atoms with Gasteiger partial charge in [-0.1, -0.05) is 31.2 Å². The van der Waals surface area contributed by atoms with Crippen molar-refractivity contribution < 1.29 is 19.1 Å². The molecule has 0 aromatic heterocycles. The van der Waals surface area contributed by atoms with Gasteiger partial charge in [-0.2, -0.15) is 0 Å². The number of hydrogen-bond donors (Lipinski definition) is 2. The van der Waals surface area contributed by atoms with Crippen molar-refractivity contribution in [2.45, 2.75) is 39.7 Å². The van der Waals surface area contributed by atoms with Crippen LogP contribution in [0.1, 0.15) is 50.0 Å². The molecule has 0 bridgehead atoms. The first-order valence-corrected chi connectivity index (χ1v) is 7.30. The second kappa shape index (κ2) is 7.67. The van der Waals surface area contributed by atoms with Crippen molar-refractivity contribution in [2.75, 3.05) is 0 Å². The number of Topliss-reactive ketones (excluding diaryl/α,β-unsaturated/α-hetero) is 1. The number of amides is 1. The molecule has 1 amide bonds. The number of carbonyl (C=O) groups excluding carboxylic acids is 3. The summed E-state index contributed by atoms with van der Waals surface area (Å²) in [6, 6.07) is 6.47. The Hall–Kier alpha value is -2.50. The molecule has 0 aliphatic carbocycles. The van der Waals surface area contributed by atoms with Crippen LogP contribution in [0.2, 0.25) is 0 Å². The largest absolute Gasteiger partial charge is 0.444 e. The lowest BCUT2D eigenvalue weighted by Gasteiger charge is -2.20. The van der Waals surface area contributed by atoms with Crippen LogP contribution in [0.15, 0.2) is 24.3 Å². The van der Waals surface area contributed by atoms with Crippen molar-refractivity contribution in [1.82, 2.24) is 5.32 Å². The van der Waals surface area contributed by atoms with E-state index in [1.54, 1.807) is 52.0 Å². The van der Waals surface area contributed by atoms with Gasteiger partial charge in [0, 0.05) is 23.5 Å². The van der Waals surface area contributed by atoms with Crippen LogP contribution in [0.5, 0.6) is 0 Å². The maximum absolute atomic E-state index is 12.3. The van der Waals surface area contributed by atoms with Gasteiger partial charge in [-0.05, 0) is 20.8 Å². The van der Waals surface area contributed by atoms with E-state index in [4.69, 9.17) is 10.1 Å². The molecule has 0 aliphatic heterocycles. The standard InChI is InChI=1S/C17H22N2O4/c1-11(10-20)9-14(21)12-7-5-6-8-13(12)15(18)19-16(22)23-17(2,3)4/h5-8,10-11H,9H2,1-4H3,(H2,18,19,22). The molecule has 0 heterocycles. The molecule has 124 valence electrons. The molecule has 1 atom stereocenters. The van der Waals surface area contributed by atoms with E-state index in [2.05, 4.69) is 5.32 Å². The molecule has 23 heavy (non-hydrogen) atoms. The highest BCUT2D eigenvalue weighted by Crippen LogP contribution is 2.14. The Kier molecular flexibility index (Phi) is 6.18. The van der Waals surface area contributed by atoms with E-state index in [0.717, 1.165) is 0 Å². The van der Waals surface area contributed by atoms with E-state index < -0.39 is 17.6 Å². The van der Waals surface area contributed by atoms with E-state index in [-0.39, 0.29) is 18.0 Å². The number of hydrogen-bond acceptors (Lipinski definition) is 5. The van der Waals surface area contributed by atoms with E-state index in [0.29, 0.717) is 17.4 Å². The van der Waals surface area contributed by atoms with E-state index in [1.807, 2.05) is 0 Å². The predicted molar refractivity (Wildman–Crippen MR) is 86.8 cm³/mol. The minimum Gasteiger partial charge on any atom is -0.444 e. The average Bonchev–Trinajstić information content (AvgIpc) is 2.44. The summed E-state index contributed by atoms with van der Waals surface area (Å²) in [6.45, 7) is 6.80. The van der Waals surface area contributed by atoms with Crippen molar-refractivity contribution in [2.24, 2.45) is 5.92 Å². The van der Waals surface area contributed by atoms with Gasteiger partial charge in [0.25, 0.3) is 0 Å². The maximum atomic E-state index is 12.3. The fraction of sp³-hybridized carbons (Fsp3) is 0.412. The number of nitrogens with one attached hydrogen (secondary N) is 2. The number of rotatable bonds is 5. The monoisotopic (exact) mass is 318 g/mol. The van der Waals surface area contributed by atoms with Crippen LogP contribution >= 0.6 is 0 Å². The van der Waals surface area contributed by atoms with Crippen molar-refractivity contribution in [1.29, 1.82) is 5.41 Å². The lowest BCUT2D eigenvalue weighted by atomic mass is 9.96. The van der Waals surface area contributed by atoms with Crippen LogP contribution in [0, 0.1) is 11.3 Å². The van der Waals surface area contributed by atoms with Crippen molar-refractivity contribution in [3.05, 3.63) is 35.4 Å². The Morgan fingerprint density at radius 1 is 1.26 bits per heavy atom. The van der Waals surface area contributed by atoms with Gasteiger partial charge >= 0.3 is 6.09 Å². The fourth-order valence-corrected chi connectivity index (χ4v) is 1.87. The summed E-state index contributed by atoms with van der Waals surface area (Å²) in [7, 11) is 0. The van der Waals surface area contributed by atoms with Crippen LogP contribution < -0.4 is 5.32 Å². The number of aldehydes is 1. The zero-order chi connectivity index (χ0) is 17.6. The molecule has 0 aliphatic rings. The quantitative estimate of drug-likeness (QED) is 0.377. The zero-order valence-corrected chi connectivity index (χ0v) is 13.8. The molecule has 0 radical (unpaired) electrons. The molecule has 0 saturated heterocycles. The van der Waals surface area contributed by atoms with Gasteiger partial charge in [0.2, 0.25) is 0 Å². The van der Waals surface area contributed by atoms with Crippen LogP contribution in [-0.4, -0.2) is 29.6 Å². The number of amidine groups is 1. The molecule has 1 aromatic carbocycles. The van der Waals surface area contributed by atoms with E-state index in [1.165, 1.54) is 0 Å². The van der Waals surface area contributed by atoms with Crippen LogP contribution in [-0.2, 0) is 9.53 Å². The minimum atomic E-state index is -0.758. The van der Waals surface area contributed by atoms with Gasteiger partial charge < -0.3 is 9.53 Å². The third-order valence-electron chi connectivity index (χ3n) is 2.86. The predicted octanol–water partition coefficient (Wildman–Crippen LogP) is 2.94. The van der Waals surface area contributed by atoms with Gasteiger partial charge in [0.05, 0.1) is 0 Å². The fourth-order valence-electron chi connectivity index (χ4n) is 1.87. The zero-order valence-electron chi connectivity index (χ0n) is 13.8. The van der Waals surface area contributed by atoms with Gasteiger partial charge in [-0.25, -0.2) is 4.79 Å². The molecular formula is C17H22N2O4. The van der Waals surface area contributed by atoms with Crippen LogP contribution in [0.4, 0.5) is 4.79 Å². The molecule has 1 unspecified atom stereocenters. The van der Waals surface area contributed by atoms with E-state index >= 15 is 0 Å². The number of carbonyl (C=O) groups is 3. The van der Waals surface area contributed by atoms with Crippen LogP contribution in [0.25, 0.3) is 0 Å². The first-order valence-electron chi connectivity index (χ1n) is 7.30. The Labute approximate surface area is 135 Å². The third kappa shape index (κ3) is 6.02. The summed E-state index contributed by atoms with van der Waals surface area (Å²) in [5, 5.41) is 10.3. The van der Waals surface area contributed by atoms with Gasteiger partial charge in [-0.3, -0.25) is 15.5 Å². The number of ketones is 1. The SMILES string of the molecule is CC(C=O)CC(=O)c1ccccc1C(=N)NC(=O)OC(C)(C)C. The highest BCUT2D eigenvalue weighted by atomic mass is 16.6. The number of benzene rings is 1. The molecule has 1 aromatic rings. The normalized spacial score (nSPS) is 12.2.